The van der Waals surface area contributed by atoms with Crippen molar-refractivity contribution in [2.24, 2.45) is 0 Å². The number of carbonyl (C=O) groups excluding carboxylic acids is 1. The molecule has 1 unspecified atom stereocenters. The number of nitrogens with zero attached hydrogens (tertiary/aromatic N) is 1. The van der Waals surface area contributed by atoms with E-state index >= 15 is 0 Å². The molecule has 2 aromatic carbocycles. The third kappa shape index (κ3) is 2.68. The number of anilines is 1. The highest BCUT2D eigenvalue weighted by Crippen LogP contribution is 2.44. The number of rotatable bonds is 4. The second-order valence-corrected chi connectivity index (χ2v) is 6.68. The summed E-state index contributed by atoms with van der Waals surface area (Å²) in [6, 6.07) is 11.5. The summed E-state index contributed by atoms with van der Waals surface area (Å²) in [6.45, 7) is 0. The number of ether oxygens (including phenoxy) is 2. The first-order valence-corrected chi connectivity index (χ1v) is 8.61. The normalized spacial score (nSPS) is 19.2. The summed E-state index contributed by atoms with van der Waals surface area (Å²) in [5, 5.41) is 3.94. The average molecular weight is 359 g/mol. The van der Waals surface area contributed by atoms with E-state index in [-0.39, 0.29) is 18.1 Å². The third-order valence-corrected chi connectivity index (χ3v) is 4.96. The van der Waals surface area contributed by atoms with Crippen LogP contribution >= 0.6 is 11.6 Å². The van der Waals surface area contributed by atoms with Crippen molar-refractivity contribution in [1.29, 1.82) is 0 Å². The molecule has 2 aliphatic rings. The van der Waals surface area contributed by atoms with Gasteiger partial charge in [-0.05, 0) is 37.1 Å². The first kappa shape index (κ1) is 16.1. The number of hydrogen-bond donors (Lipinski definition) is 1. The Morgan fingerprint density at radius 1 is 1.16 bits per heavy atom. The molecule has 0 saturated heterocycles. The number of amides is 1. The van der Waals surface area contributed by atoms with Crippen LogP contribution in [-0.4, -0.2) is 31.1 Å². The Kier molecular flexibility index (Phi) is 3.96. The van der Waals surface area contributed by atoms with E-state index in [0.717, 1.165) is 24.1 Å². The van der Waals surface area contributed by atoms with Crippen molar-refractivity contribution in [2.75, 3.05) is 19.5 Å². The highest BCUT2D eigenvalue weighted by atomic mass is 35.5. The zero-order valence-corrected chi connectivity index (χ0v) is 14.8. The SMILES string of the molecule is COc1cc(C2Nc3ccccc3C(=O)N2C2CC2)cc(Cl)c1OC. The molecule has 0 radical (unpaired) electrons. The van der Waals surface area contributed by atoms with Crippen molar-refractivity contribution >= 4 is 23.2 Å². The van der Waals surface area contributed by atoms with Gasteiger partial charge in [-0.15, -0.1) is 0 Å². The second kappa shape index (κ2) is 6.15. The number of fused-ring (bicyclic) bond motifs is 1. The average Bonchev–Trinajstić information content (AvgIpc) is 3.45. The van der Waals surface area contributed by atoms with Gasteiger partial charge in [0.2, 0.25) is 0 Å². The van der Waals surface area contributed by atoms with Crippen molar-refractivity contribution < 1.29 is 14.3 Å². The molecule has 4 rings (SSSR count). The van der Waals surface area contributed by atoms with Gasteiger partial charge in [-0.2, -0.15) is 0 Å². The Morgan fingerprint density at radius 2 is 1.92 bits per heavy atom. The summed E-state index contributed by atoms with van der Waals surface area (Å²) in [6.07, 6.45) is 1.76. The van der Waals surface area contributed by atoms with Gasteiger partial charge in [0.25, 0.3) is 5.91 Å². The summed E-state index contributed by atoms with van der Waals surface area (Å²) in [5.41, 5.74) is 2.41. The van der Waals surface area contributed by atoms with Crippen LogP contribution in [0, 0.1) is 0 Å². The Morgan fingerprint density at radius 3 is 2.60 bits per heavy atom. The van der Waals surface area contributed by atoms with Crippen LogP contribution in [0.5, 0.6) is 11.5 Å². The van der Waals surface area contributed by atoms with E-state index in [1.165, 1.54) is 0 Å². The van der Waals surface area contributed by atoms with Gasteiger partial charge in [0, 0.05) is 17.3 Å². The van der Waals surface area contributed by atoms with E-state index in [9.17, 15) is 4.79 Å². The molecule has 1 N–H and O–H groups in total. The first-order chi connectivity index (χ1) is 12.1. The lowest BCUT2D eigenvalue weighted by atomic mass is 10.0. The lowest BCUT2D eigenvalue weighted by Crippen LogP contribution is -2.44. The van der Waals surface area contributed by atoms with Crippen LogP contribution in [0.1, 0.15) is 34.9 Å². The number of carbonyl (C=O) groups is 1. The number of benzene rings is 2. The first-order valence-electron chi connectivity index (χ1n) is 8.23. The van der Waals surface area contributed by atoms with E-state index in [1.54, 1.807) is 14.2 Å². The molecule has 1 aliphatic carbocycles. The Balaban J connectivity index is 1.81. The van der Waals surface area contributed by atoms with Crippen LogP contribution in [0.15, 0.2) is 36.4 Å². The quantitative estimate of drug-likeness (QED) is 0.894. The minimum atomic E-state index is -0.285. The summed E-state index contributed by atoms with van der Waals surface area (Å²) in [7, 11) is 3.13. The Hall–Kier alpha value is -2.40. The molecular weight excluding hydrogens is 340 g/mol. The highest BCUT2D eigenvalue weighted by molar-refractivity contribution is 6.32. The standard InChI is InChI=1S/C19H19ClN2O3/c1-24-16-10-11(9-14(20)17(16)25-2)18-21-15-6-4-3-5-13(15)19(23)22(18)12-7-8-12/h3-6,9-10,12,18,21H,7-8H2,1-2H3. The van der Waals surface area contributed by atoms with Crippen molar-refractivity contribution in [3.63, 3.8) is 0 Å². The van der Waals surface area contributed by atoms with E-state index in [0.29, 0.717) is 22.1 Å². The molecular formula is C19H19ClN2O3. The fourth-order valence-electron chi connectivity index (χ4n) is 3.34. The molecule has 25 heavy (non-hydrogen) atoms. The van der Waals surface area contributed by atoms with E-state index in [4.69, 9.17) is 21.1 Å². The largest absolute Gasteiger partial charge is 0.493 e. The second-order valence-electron chi connectivity index (χ2n) is 6.27. The molecule has 2 aromatic rings. The molecule has 130 valence electrons. The number of hydrogen-bond acceptors (Lipinski definition) is 4. The van der Waals surface area contributed by atoms with Crippen LogP contribution in [0.3, 0.4) is 0 Å². The van der Waals surface area contributed by atoms with Crippen molar-refractivity contribution in [1.82, 2.24) is 4.90 Å². The van der Waals surface area contributed by atoms with Crippen LogP contribution in [-0.2, 0) is 0 Å². The smallest absolute Gasteiger partial charge is 0.258 e. The highest BCUT2D eigenvalue weighted by Gasteiger charge is 2.42. The van der Waals surface area contributed by atoms with Crippen molar-refractivity contribution in [2.45, 2.75) is 25.0 Å². The maximum atomic E-state index is 13.0. The fraction of sp³-hybridized carbons (Fsp3) is 0.316. The van der Waals surface area contributed by atoms with E-state index in [2.05, 4.69) is 5.32 Å². The summed E-state index contributed by atoms with van der Waals surface area (Å²) < 4.78 is 10.7. The van der Waals surface area contributed by atoms with Crippen LogP contribution in [0.4, 0.5) is 5.69 Å². The molecule has 1 amide bonds. The van der Waals surface area contributed by atoms with Gasteiger partial charge >= 0.3 is 0 Å². The lowest BCUT2D eigenvalue weighted by molar-refractivity contribution is 0.0666. The molecule has 0 bridgehead atoms. The molecule has 1 heterocycles. The van der Waals surface area contributed by atoms with Gasteiger partial charge in [0.1, 0.15) is 6.17 Å². The predicted molar refractivity (Wildman–Crippen MR) is 96.6 cm³/mol. The summed E-state index contributed by atoms with van der Waals surface area (Å²) in [4.78, 5) is 15.0. The van der Waals surface area contributed by atoms with Gasteiger partial charge in [-0.25, -0.2) is 0 Å². The zero-order chi connectivity index (χ0) is 17.6. The van der Waals surface area contributed by atoms with Crippen molar-refractivity contribution in [3.05, 3.63) is 52.5 Å². The fourth-order valence-corrected chi connectivity index (χ4v) is 3.63. The minimum absolute atomic E-state index is 0.0488. The molecule has 6 heteroatoms. The van der Waals surface area contributed by atoms with Gasteiger partial charge < -0.3 is 19.7 Å². The monoisotopic (exact) mass is 358 g/mol. The molecule has 0 spiro atoms. The van der Waals surface area contributed by atoms with E-state index < -0.39 is 0 Å². The minimum Gasteiger partial charge on any atom is -0.493 e. The molecule has 1 aliphatic heterocycles. The van der Waals surface area contributed by atoms with Gasteiger partial charge in [-0.3, -0.25) is 4.79 Å². The zero-order valence-electron chi connectivity index (χ0n) is 14.1. The molecule has 5 nitrogen and oxygen atoms in total. The topological polar surface area (TPSA) is 50.8 Å². The third-order valence-electron chi connectivity index (χ3n) is 4.67. The predicted octanol–water partition coefficient (Wildman–Crippen LogP) is 4.09. The van der Waals surface area contributed by atoms with Gasteiger partial charge in [-0.1, -0.05) is 23.7 Å². The lowest BCUT2D eigenvalue weighted by Gasteiger charge is -2.38. The van der Waals surface area contributed by atoms with Crippen LogP contribution < -0.4 is 14.8 Å². The maximum Gasteiger partial charge on any atom is 0.258 e. The van der Waals surface area contributed by atoms with Crippen LogP contribution in [0.2, 0.25) is 5.02 Å². The number of halogens is 1. The molecule has 1 fully saturated rings. The number of nitrogens with one attached hydrogen (secondary N) is 1. The van der Waals surface area contributed by atoms with Crippen LogP contribution in [0.25, 0.3) is 0 Å². The molecule has 1 atom stereocenters. The van der Waals surface area contributed by atoms with Gasteiger partial charge in [0.05, 0.1) is 24.8 Å². The number of para-hydroxylation sites is 1. The molecule has 0 aromatic heterocycles. The van der Waals surface area contributed by atoms with E-state index in [1.807, 2.05) is 41.3 Å². The van der Waals surface area contributed by atoms with Crippen molar-refractivity contribution in [3.8, 4) is 11.5 Å². The Labute approximate surface area is 151 Å². The summed E-state index contributed by atoms with van der Waals surface area (Å²) in [5.74, 6) is 1.09. The summed E-state index contributed by atoms with van der Waals surface area (Å²) >= 11 is 6.38. The number of methoxy groups -OCH3 is 2. The Bertz CT molecular complexity index is 835. The maximum absolute atomic E-state index is 13.0. The van der Waals surface area contributed by atoms with Gasteiger partial charge in [0.15, 0.2) is 11.5 Å². The molecule has 1 saturated carbocycles.